The highest BCUT2D eigenvalue weighted by atomic mass is 35.5. The van der Waals surface area contributed by atoms with E-state index >= 15 is 0 Å². The third kappa shape index (κ3) is 3.78. The molecule has 0 spiro atoms. The Hall–Kier alpha value is -3.97. The minimum atomic E-state index is -0.880. The zero-order valence-corrected chi connectivity index (χ0v) is 20.1. The molecule has 0 aliphatic carbocycles. The smallest absolute Gasteiger partial charge is 0.300 e. The maximum atomic E-state index is 13.4. The van der Waals surface area contributed by atoms with Gasteiger partial charge in [0.25, 0.3) is 11.7 Å². The van der Waals surface area contributed by atoms with Gasteiger partial charge in [0.2, 0.25) is 6.79 Å². The van der Waals surface area contributed by atoms with E-state index in [0.717, 1.165) is 5.56 Å². The second-order valence-electron chi connectivity index (χ2n) is 8.39. The number of fused-ring (bicyclic) bond motifs is 1. The number of Topliss-reactive ketones (excluding diaryl/α,β-unsaturated/α-hetero) is 1. The van der Waals surface area contributed by atoms with Crippen LogP contribution in [0.25, 0.3) is 5.76 Å². The van der Waals surface area contributed by atoms with Gasteiger partial charge < -0.3 is 19.3 Å². The van der Waals surface area contributed by atoms with Crippen molar-refractivity contribution in [2.24, 2.45) is 0 Å². The third-order valence-electron chi connectivity index (χ3n) is 6.26. The number of halogens is 1. The summed E-state index contributed by atoms with van der Waals surface area (Å²) in [7, 11) is 1.57. The van der Waals surface area contributed by atoms with Crippen LogP contribution in [0.3, 0.4) is 0 Å². The van der Waals surface area contributed by atoms with E-state index in [0.29, 0.717) is 44.6 Å². The first-order valence-electron chi connectivity index (χ1n) is 10.9. The van der Waals surface area contributed by atoms with Gasteiger partial charge in [-0.05, 0) is 66.9 Å². The number of benzene rings is 3. The molecule has 8 heteroatoms. The van der Waals surface area contributed by atoms with E-state index in [2.05, 4.69) is 0 Å². The van der Waals surface area contributed by atoms with E-state index in [1.807, 2.05) is 13.8 Å². The molecule has 2 aliphatic heterocycles. The van der Waals surface area contributed by atoms with Crippen molar-refractivity contribution >= 4 is 34.7 Å². The molecule has 5 rings (SSSR count). The van der Waals surface area contributed by atoms with Crippen molar-refractivity contribution in [3.8, 4) is 17.2 Å². The van der Waals surface area contributed by atoms with Crippen molar-refractivity contribution in [3.05, 3.63) is 87.4 Å². The van der Waals surface area contributed by atoms with Crippen molar-refractivity contribution in [2.45, 2.75) is 19.9 Å². The normalized spacial score (nSPS) is 18.3. The van der Waals surface area contributed by atoms with Crippen molar-refractivity contribution in [2.75, 3.05) is 18.8 Å². The van der Waals surface area contributed by atoms with Crippen molar-refractivity contribution < 1.29 is 28.9 Å². The van der Waals surface area contributed by atoms with Crippen molar-refractivity contribution in [3.63, 3.8) is 0 Å². The number of hydrogen-bond donors (Lipinski definition) is 1. The highest BCUT2D eigenvalue weighted by Crippen LogP contribution is 2.45. The van der Waals surface area contributed by atoms with Crippen LogP contribution in [0.4, 0.5) is 5.69 Å². The van der Waals surface area contributed by atoms with Crippen LogP contribution in [0.2, 0.25) is 5.02 Å². The Kier molecular flexibility index (Phi) is 5.65. The number of aliphatic hydroxyl groups is 1. The van der Waals surface area contributed by atoms with Crippen LogP contribution in [-0.2, 0) is 9.59 Å². The maximum absolute atomic E-state index is 13.4. The van der Waals surface area contributed by atoms with Gasteiger partial charge in [-0.25, -0.2) is 0 Å². The fraction of sp³-hybridized carbons (Fsp3) is 0.185. The fourth-order valence-corrected chi connectivity index (χ4v) is 4.63. The van der Waals surface area contributed by atoms with Crippen LogP contribution in [0.5, 0.6) is 17.2 Å². The lowest BCUT2D eigenvalue weighted by molar-refractivity contribution is -0.132. The zero-order chi connectivity index (χ0) is 24.9. The number of anilines is 1. The molecule has 3 aromatic rings. The molecule has 1 N–H and O–H groups in total. The lowest BCUT2D eigenvalue weighted by Crippen LogP contribution is -2.29. The average Bonchev–Trinajstić information content (AvgIpc) is 3.42. The quantitative estimate of drug-likeness (QED) is 0.302. The van der Waals surface area contributed by atoms with Gasteiger partial charge in [0.1, 0.15) is 11.5 Å². The number of hydrogen-bond acceptors (Lipinski definition) is 6. The number of carbonyl (C=O) groups is 2. The minimum Gasteiger partial charge on any atom is -0.507 e. The Morgan fingerprint density at radius 2 is 1.71 bits per heavy atom. The average molecular weight is 492 g/mol. The molecule has 0 bridgehead atoms. The van der Waals surface area contributed by atoms with E-state index in [4.69, 9.17) is 25.8 Å². The molecule has 1 amide bonds. The van der Waals surface area contributed by atoms with Gasteiger partial charge in [-0.15, -0.1) is 0 Å². The highest BCUT2D eigenvalue weighted by Gasteiger charge is 2.47. The molecule has 3 aromatic carbocycles. The van der Waals surface area contributed by atoms with E-state index in [9.17, 15) is 14.7 Å². The van der Waals surface area contributed by atoms with Gasteiger partial charge in [0.05, 0.1) is 18.7 Å². The lowest BCUT2D eigenvalue weighted by atomic mass is 9.93. The minimum absolute atomic E-state index is 0.0114. The summed E-state index contributed by atoms with van der Waals surface area (Å²) in [6.07, 6.45) is 0. The van der Waals surface area contributed by atoms with Crippen molar-refractivity contribution in [1.82, 2.24) is 0 Å². The molecule has 0 saturated carbocycles. The molecule has 2 aliphatic rings. The Morgan fingerprint density at radius 3 is 2.43 bits per heavy atom. The Balaban J connectivity index is 1.72. The Morgan fingerprint density at radius 1 is 1.00 bits per heavy atom. The van der Waals surface area contributed by atoms with Crippen LogP contribution in [-0.4, -0.2) is 30.7 Å². The molecule has 2 heterocycles. The van der Waals surface area contributed by atoms with Crippen LogP contribution in [0.15, 0.2) is 60.2 Å². The van der Waals surface area contributed by atoms with Gasteiger partial charge >= 0.3 is 0 Å². The fourth-order valence-electron chi connectivity index (χ4n) is 4.50. The molecule has 1 atom stereocenters. The molecule has 0 aromatic heterocycles. The number of methoxy groups -OCH3 is 1. The highest BCUT2D eigenvalue weighted by molar-refractivity contribution is 6.51. The summed E-state index contributed by atoms with van der Waals surface area (Å²) >= 11 is 6.10. The number of ether oxygens (including phenoxy) is 3. The number of aliphatic hydroxyl groups excluding tert-OH is 1. The van der Waals surface area contributed by atoms with E-state index in [1.54, 1.807) is 61.7 Å². The van der Waals surface area contributed by atoms with E-state index < -0.39 is 17.7 Å². The lowest BCUT2D eigenvalue weighted by Gasteiger charge is -2.26. The summed E-state index contributed by atoms with van der Waals surface area (Å²) in [5.41, 5.74) is 2.99. The Labute approximate surface area is 207 Å². The molecule has 1 fully saturated rings. The number of amides is 1. The molecular weight excluding hydrogens is 470 g/mol. The monoisotopic (exact) mass is 491 g/mol. The second-order valence-corrected chi connectivity index (χ2v) is 8.83. The van der Waals surface area contributed by atoms with Gasteiger partial charge in [-0.3, -0.25) is 14.5 Å². The first kappa shape index (κ1) is 22.8. The summed E-state index contributed by atoms with van der Waals surface area (Å²) in [6.45, 7) is 3.73. The van der Waals surface area contributed by atoms with Crippen LogP contribution >= 0.6 is 11.6 Å². The number of ketones is 1. The van der Waals surface area contributed by atoms with Gasteiger partial charge in [-0.1, -0.05) is 23.7 Å². The topological polar surface area (TPSA) is 85.3 Å². The first-order chi connectivity index (χ1) is 16.8. The number of nitrogens with zero attached hydrogens (tertiary/aromatic N) is 1. The first-order valence-corrected chi connectivity index (χ1v) is 11.3. The number of carbonyl (C=O) groups excluding carboxylic acids is 2. The summed E-state index contributed by atoms with van der Waals surface area (Å²) in [5.74, 6) is -0.108. The summed E-state index contributed by atoms with van der Waals surface area (Å²) in [5, 5.41) is 12.0. The van der Waals surface area contributed by atoms with Crippen LogP contribution in [0.1, 0.15) is 28.3 Å². The zero-order valence-electron chi connectivity index (χ0n) is 19.3. The largest absolute Gasteiger partial charge is 0.507 e. The molecule has 1 unspecified atom stereocenters. The Bertz CT molecular complexity index is 1400. The van der Waals surface area contributed by atoms with Crippen LogP contribution < -0.4 is 19.1 Å². The summed E-state index contributed by atoms with van der Waals surface area (Å²) in [4.78, 5) is 28.1. The SMILES string of the molecule is COc1cc(C)c(/C(O)=C2\C(=O)C(=O)N(c3ccc4c(c3)OCO4)C2c2ccc(Cl)cc2)cc1C. The predicted octanol–water partition coefficient (Wildman–Crippen LogP) is 5.32. The molecule has 1 saturated heterocycles. The molecule has 35 heavy (non-hydrogen) atoms. The van der Waals surface area contributed by atoms with Crippen molar-refractivity contribution in [1.29, 1.82) is 0 Å². The molecule has 0 radical (unpaired) electrons. The predicted molar refractivity (Wildman–Crippen MR) is 131 cm³/mol. The van der Waals surface area contributed by atoms with E-state index in [1.165, 1.54) is 4.90 Å². The molecule has 178 valence electrons. The maximum Gasteiger partial charge on any atom is 0.300 e. The summed E-state index contributed by atoms with van der Waals surface area (Å²) < 4.78 is 16.2. The van der Waals surface area contributed by atoms with Gasteiger partial charge in [0.15, 0.2) is 11.5 Å². The van der Waals surface area contributed by atoms with Gasteiger partial charge in [-0.2, -0.15) is 0 Å². The van der Waals surface area contributed by atoms with E-state index in [-0.39, 0.29) is 18.1 Å². The second kappa shape index (κ2) is 8.67. The van der Waals surface area contributed by atoms with Crippen LogP contribution in [0, 0.1) is 13.8 Å². The van der Waals surface area contributed by atoms with Gasteiger partial charge in [0, 0.05) is 22.3 Å². The standard InChI is InChI=1S/C27H22ClNO6/c1-14-11-21(33-3)15(2)10-19(14)25(30)23-24(16-4-6-17(28)7-5-16)29(27(32)26(23)31)18-8-9-20-22(12-18)35-13-34-20/h4-12,24,30H,13H2,1-3H3/b25-23+. The molecular formula is C27H22ClNO6. The number of rotatable bonds is 4. The molecule has 7 nitrogen and oxygen atoms in total. The number of aryl methyl sites for hydroxylation is 2. The summed E-state index contributed by atoms with van der Waals surface area (Å²) in [6, 6.07) is 14.5. The third-order valence-corrected chi connectivity index (χ3v) is 6.51.